The molecule has 0 amide bonds. The van der Waals surface area contributed by atoms with E-state index in [0.29, 0.717) is 36.6 Å². The second kappa shape index (κ2) is 8.51. The summed E-state index contributed by atoms with van der Waals surface area (Å²) in [5, 5.41) is 13.3. The second-order valence-electron chi connectivity index (χ2n) is 9.85. The van der Waals surface area contributed by atoms with E-state index in [1.165, 1.54) is 6.07 Å². The molecule has 166 valence electrons. The van der Waals surface area contributed by atoms with Crippen LogP contribution in [-0.2, 0) is 4.74 Å². The molecule has 2 aliphatic rings. The van der Waals surface area contributed by atoms with Gasteiger partial charge >= 0.3 is 0 Å². The lowest BCUT2D eigenvalue weighted by Crippen LogP contribution is -2.57. The van der Waals surface area contributed by atoms with Crippen LogP contribution < -0.4 is 15.6 Å². The van der Waals surface area contributed by atoms with Crippen LogP contribution in [0.4, 0.5) is 15.8 Å². The number of halogens is 1. The Morgan fingerprint density at radius 2 is 2.07 bits per heavy atom. The van der Waals surface area contributed by atoms with Crippen LogP contribution in [0.1, 0.15) is 32.8 Å². The van der Waals surface area contributed by atoms with Crippen molar-refractivity contribution in [3.63, 3.8) is 0 Å². The van der Waals surface area contributed by atoms with Gasteiger partial charge in [0.15, 0.2) is 0 Å². The molecule has 2 heterocycles. The minimum atomic E-state index is -0.342. The number of ether oxygens (including phenoxy) is 1. The predicted molar refractivity (Wildman–Crippen MR) is 120 cm³/mol. The van der Waals surface area contributed by atoms with Crippen LogP contribution in [-0.4, -0.2) is 70.1 Å². The maximum absolute atomic E-state index is 15.0. The van der Waals surface area contributed by atoms with Gasteiger partial charge in [0, 0.05) is 50.1 Å². The fourth-order valence-electron chi connectivity index (χ4n) is 4.14. The van der Waals surface area contributed by atoms with E-state index < -0.39 is 0 Å². The number of nitrogens with zero attached hydrogens (tertiary/aromatic N) is 4. The van der Waals surface area contributed by atoms with E-state index in [4.69, 9.17) is 10.6 Å². The van der Waals surface area contributed by atoms with Gasteiger partial charge in [-0.15, -0.1) is 0 Å². The van der Waals surface area contributed by atoms with E-state index >= 15 is 0 Å². The Balaban J connectivity index is 1.79. The number of hydrogen-bond donors (Lipinski definition) is 2. The maximum Gasteiger partial charge on any atom is 0.147 e. The molecule has 0 saturated carbocycles. The highest BCUT2D eigenvalue weighted by Crippen LogP contribution is 2.38. The van der Waals surface area contributed by atoms with Gasteiger partial charge in [0.25, 0.3) is 0 Å². The molecule has 1 atom stereocenters. The molecule has 0 bridgehead atoms. The molecule has 1 aromatic carbocycles. The van der Waals surface area contributed by atoms with E-state index in [2.05, 4.69) is 23.9 Å². The van der Waals surface area contributed by atoms with Crippen LogP contribution in [0, 0.1) is 16.6 Å². The topological polar surface area (TPSA) is 86.7 Å². The summed E-state index contributed by atoms with van der Waals surface area (Å²) >= 11 is 0. The van der Waals surface area contributed by atoms with Gasteiger partial charge in [-0.3, -0.25) is 4.99 Å². The second-order valence-corrected chi connectivity index (χ2v) is 9.85. The van der Waals surface area contributed by atoms with E-state index in [-0.39, 0.29) is 29.4 Å². The van der Waals surface area contributed by atoms with E-state index in [9.17, 15) is 9.50 Å². The number of benzene rings is 1. The first-order valence-corrected chi connectivity index (χ1v) is 10.3. The molecule has 2 fully saturated rings. The number of aliphatic hydroxyl groups excluding tert-OH is 1. The maximum atomic E-state index is 15.0. The van der Waals surface area contributed by atoms with Crippen molar-refractivity contribution in [1.82, 2.24) is 0 Å². The fourth-order valence-corrected chi connectivity index (χ4v) is 4.14. The fraction of sp³-hybridized carbons (Fsp3) is 0.636. The van der Waals surface area contributed by atoms with E-state index in [0.717, 1.165) is 18.7 Å². The Bertz CT molecular complexity index is 831. The van der Waals surface area contributed by atoms with Crippen molar-refractivity contribution in [2.45, 2.75) is 33.3 Å². The molecule has 7 nitrogen and oxygen atoms in total. The highest BCUT2D eigenvalue weighted by molar-refractivity contribution is 6.39. The molecule has 1 unspecified atom stereocenters. The molecule has 2 aliphatic heterocycles. The van der Waals surface area contributed by atoms with Crippen LogP contribution >= 0.6 is 0 Å². The number of aliphatic imine (C=N–C) groups is 1. The zero-order valence-electron chi connectivity index (χ0n) is 18.7. The smallest absolute Gasteiger partial charge is 0.147 e. The van der Waals surface area contributed by atoms with Gasteiger partial charge in [-0.1, -0.05) is 20.8 Å². The molecular formula is C22H34FN5O2. The van der Waals surface area contributed by atoms with Crippen molar-refractivity contribution >= 4 is 23.3 Å². The average Bonchev–Trinajstić information content (AvgIpc) is 3.01. The zero-order chi connectivity index (χ0) is 22.1. The third-order valence-electron chi connectivity index (χ3n) is 5.84. The monoisotopic (exact) mass is 419 g/mol. The molecule has 8 heteroatoms. The summed E-state index contributed by atoms with van der Waals surface area (Å²) in [5.41, 5.74) is 2.32. The van der Waals surface area contributed by atoms with Crippen molar-refractivity contribution in [3.8, 4) is 0 Å². The Hall–Kier alpha value is -2.19. The lowest BCUT2D eigenvalue weighted by molar-refractivity contribution is 0.105. The number of aliphatic hydroxyl groups is 1. The first kappa shape index (κ1) is 22.5. The Kier molecular flexibility index (Phi) is 6.38. The van der Waals surface area contributed by atoms with Crippen molar-refractivity contribution in [3.05, 3.63) is 23.5 Å². The first-order chi connectivity index (χ1) is 14.1. The Morgan fingerprint density at radius 1 is 1.37 bits per heavy atom. The Morgan fingerprint density at radius 3 is 2.60 bits per heavy atom. The summed E-state index contributed by atoms with van der Waals surface area (Å²) in [5.74, 6) is 5.29. The molecule has 0 spiro atoms. The van der Waals surface area contributed by atoms with Gasteiger partial charge in [-0.2, -0.15) is 5.10 Å². The third-order valence-corrected chi connectivity index (χ3v) is 5.84. The third kappa shape index (κ3) is 4.75. The molecule has 30 heavy (non-hydrogen) atoms. The summed E-state index contributed by atoms with van der Waals surface area (Å²) in [6.07, 6.45) is 2.63. The molecular weight excluding hydrogens is 385 g/mol. The van der Waals surface area contributed by atoms with Crippen LogP contribution in [0.3, 0.4) is 0 Å². The minimum Gasteiger partial charge on any atom is -0.396 e. The van der Waals surface area contributed by atoms with E-state index in [1.807, 2.05) is 36.9 Å². The quantitative estimate of drug-likeness (QED) is 0.402. The normalized spacial score (nSPS) is 23.1. The first-order valence-electron chi connectivity index (χ1n) is 10.3. The van der Waals surface area contributed by atoms with Crippen molar-refractivity contribution in [2.75, 3.05) is 56.7 Å². The number of rotatable bonds is 7. The van der Waals surface area contributed by atoms with Gasteiger partial charge in [-0.25, -0.2) is 4.39 Å². The van der Waals surface area contributed by atoms with Gasteiger partial charge in [0.2, 0.25) is 0 Å². The Labute approximate surface area is 178 Å². The molecule has 0 aromatic heterocycles. The summed E-state index contributed by atoms with van der Waals surface area (Å²) in [6, 6.07) is 3.27. The zero-order valence-corrected chi connectivity index (χ0v) is 18.7. The van der Waals surface area contributed by atoms with Crippen molar-refractivity contribution < 1.29 is 14.2 Å². The van der Waals surface area contributed by atoms with Gasteiger partial charge in [0.1, 0.15) is 11.5 Å². The lowest BCUT2D eigenvalue weighted by Gasteiger charge is -2.48. The summed E-state index contributed by atoms with van der Waals surface area (Å²) < 4.78 is 20.8. The van der Waals surface area contributed by atoms with Crippen molar-refractivity contribution in [2.24, 2.45) is 26.8 Å². The molecule has 0 radical (unpaired) electrons. The molecule has 1 aromatic rings. The van der Waals surface area contributed by atoms with Crippen LogP contribution in [0.5, 0.6) is 0 Å². The lowest BCUT2D eigenvalue weighted by atomic mass is 9.82. The van der Waals surface area contributed by atoms with E-state index in [1.54, 1.807) is 6.21 Å². The average molecular weight is 420 g/mol. The summed E-state index contributed by atoms with van der Waals surface area (Å²) in [7, 11) is 3.79. The predicted octanol–water partition coefficient (Wildman–Crippen LogP) is 2.26. The van der Waals surface area contributed by atoms with Gasteiger partial charge < -0.3 is 25.5 Å². The number of nitrogens with two attached hydrogens (primary N) is 1. The summed E-state index contributed by atoms with van der Waals surface area (Å²) in [6.45, 7) is 8.92. The van der Waals surface area contributed by atoms with Crippen LogP contribution in [0.25, 0.3) is 0 Å². The molecule has 0 aliphatic carbocycles. The minimum absolute atomic E-state index is 0.0787. The SMILES string of the molecule is CN(C)c1cc(N2CC(C)(CO)C2)c(F)cc1/C(C=NCC1CC(C)(C)CO1)=N/N. The molecule has 3 rings (SSSR count). The number of anilines is 2. The van der Waals surface area contributed by atoms with Gasteiger partial charge in [-0.05, 0) is 24.0 Å². The van der Waals surface area contributed by atoms with Crippen LogP contribution in [0.2, 0.25) is 0 Å². The number of hydrogen-bond acceptors (Lipinski definition) is 7. The highest BCUT2D eigenvalue weighted by atomic mass is 19.1. The van der Waals surface area contributed by atoms with Crippen molar-refractivity contribution in [1.29, 1.82) is 0 Å². The molecule has 2 saturated heterocycles. The number of hydrazone groups is 1. The van der Waals surface area contributed by atoms with Gasteiger partial charge in [0.05, 0.1) is 31.5 Å². The standard InChI is InChI=1S/C22H34FN5O2/c1-21(2)8-15(30-14-21)9-25-10-18(26-24)16-6-17(23)20(7-19(16)27(4)5)28-11-22(3,12-28)13-29/h6-7,10,15,29H,8-9,11-14,24H2,1-5H3/b25-10?,26-18+. The summed E-state index contributed by atoms with van der Waals surface area (Å²) in [4.78, 5) is 8.32. The molecule has 3 N–H and O–H groups in total. The largest absolute Gasteiger partial charge is 0.396 e. The van der Waals surface area contributed by atoms with Crippen LogP contribution in [0.15, 0.2) is 22.2 Å². The highest BCUT2D eigenvalue weighted by Gasteiger charge is 2.39.